The van der Waals surface area contributed by atoms with Crippen LogP contribution in [0.15, 0.2) is 122 Å². The first kappa shape index (κ1) is 40.3. The van der Waals surface area contributed by atoms with Crippen molar-refractivity contribution in [3.05, 3.63) is 139 Å². The van der Waals surface area contributed by atoms with Crippen LogP contribution in [-0.4, -0.2) is 56.3 Å². The number of benzene rings is 4. The minimum Gasteiger partial charge on any atom is -0.494 e. The molecule has 0 aromatic heterocycles. The molecular weight excluding hydrogens is 692 g/mol. The minimum atomic E-state index is -0.578. The summed E-state index contributed by atoms with van der Waals surface area (Å²) in [6, 6.07) is 26.5. The molecule has 0 fully saturated rings. The van der Waals surface area contributed by atoms with Crippen LogP contribution < -0.4 is 14.2 Å². The van der Waals surface area contributed by atoms with Gasteiger partial charge in [0.15, 0.2) is 0 Å². The van der Waals surface area contributed by atoms with Gasteiger partial charge in [-0.2, -0.15) is 0 Å². The van der Waals surface area contributed by atoms with Crippen molar-refractivity contribution >= 4 is 29.8 Å². The Balaban J connectivity index is 1.16. The number of unbranched alkanes of at least 4 members (excludes halogenated alkanes) is 4. The molecule has 0 aliphatic carbocycles. The Kier molecular flexibility index (Phi) is 16.2. The molecule has 4 aromatic carbocycles. The summed E-state index contributed by atoms with van der Waals surface area (Å²) in [5.41, 5.74) is 2.77. The van der Waals surface area contributed by atoms with Crippen LogP contribution in [0.5, 0.6) is 17.2 Å². The van der Waals surface area contributed by atoms with Gasteiger partial charge in [-0.05, 0) is 122 Å². The van der Waals surface area contributed by atoms with Gasteiger partial charge in [0, 0.05) is 12.2 Å². The lowest BCUT2D eigenvalue weighted by molar-refractivity contribution is -0.138. The van der Waals surface area contributed by atoms with Crippen molar-refractivity contribution in [1.29, 1.82) is 0 Å². The average Bonchev–Trinajstić information content (AvgIpc) is 3.20. The van der Waals surface area contributed by atoms with E-state index < -0.39 is 29.8 Å². The first-order chi connectivity index (χ1) is 26.2. The largest absolute Gasteiger partial charge is 0.494 e. The van der Waals surface area contributed by atoms with E-state index in [0.29, 0.717) is 68.3 Å². The van der Waals surface area contributed by atoms with Crippen molar-refractivity contribution in [3.63, 3.8) is 0 Å². The van der Waals surface area contributed by atoms with Gasteiger partial charge in [-0.3, -0.25) is 0 Å². The number of esters is 5. The van der Waals surface area contributed by atoms with Crippen LogP contribution in [0.2, 0.25) is 0 Å². The van der Waals surface area contributed by atoms with Gasteiger partial charge in [-0.15, -0.1) is 0 Å². The molecule has 0 heterocycles. The molecule has 0 N–H and O–H groups in total. The van der Waals surface area contributed by atoms with Crippen LogP contribution in [-0.2, 0) is 23.8 Å². The molecule has 0 radical (unpaired) electrons. The van der Waals surface area contributed by atoms with E-state index in [-0.39, 0.29) is 11.3 Å². The molecule has 280 valence electrons. The fourth-order valence-corrected chi connectivity index (χ4v) is 4.86. The van der Waals surface area contributed by atoms with E-state index in [2.05, 4.69) is 13.2 Å². The molecule has 0 unspecified atom stereocenters. The summed E-state index contributed by atoms with van der Waals surface area (Å²) in [5.74, 6) is -1.24. The smallest absolute Gasteiger partial charge is 0.343 e. The highest BCUT2D eigenvalue weighted by Crippen LogP contribution is 2.24. The van der Waals surface area contributed by atoms with E-state index in [1.54, 1.807) is 48.5 Å². The molecule has 0 aliphatic rings. The van der Waals surface area contributed by atoms with Crippen molar-refractivity contribution in [2.24, 2.45) is 0 Å². The van der Waals surface area contributed by atoms with Gasteiger partial charge in [0.25, 0.3) is 0 Å². The fraction of sp³-hybridized carbons (Fsp3) is 0.233. The summed E-state index contributed by atoms with van der Waals surface area (Å²) >= 11 is 0. The Hall–Kier alpha value is -6.49. The minimum absolute atomic E-state index is 0.259. The molecule has 4 aromatic rings. The van der Waals surface area contributed by atoms with Gasteiger partial charge in [0.1, 0.15) is 17.2 Å². The highest BCUT2D eigenvalue weighted by atomic mass is 16.5. The topological polar surface area (TPSA) is 141 Å². The maximum absolute atomic E-state index is 12.8. The van der Waals surface area contributed by atoms with E-state index in [0.717, 1.165) is 42.5 Å². The summed E-state index contributed by atoms with van der Waals surface area (Å²) in [5, 5.41) is 0. The number of carbonyl (C=O) groups excluding carboxylic acids is 5. The highest BCUT2D eigenvalue weighted by Gasteiger charge is 2.13. The number of hydrogen-bond acceptors (Lipinski definition) is 11. The van der Waals surface area contributed by atoms with Crippen molar-refractivity contribution < 1.29 is 52.4 Å². The Labute approximate surface area is 314 Å². The fourth-order valence-electron chi connectivity index (χ4n) is 4.86. The van der Waals surface area contributed by atoms with Crippen molar-refractivity contribution in [3.8, 4) is 28.4 Å². The third-order valence-electron chi connectivity index (χ3n) is 7.81. The molecule has 4 rings (SSSR count). The molecule has 11 heteroatoms. The normalized spacial score (nSPS) is 10.4. The third kappa shape index (κ3) is 13.6. The van der Waals surface area contributed by atoms with Crippen LogP contribution in [0.1, 0.15) is 69.6 Å². The van der Waals surface area contributed by atoms with Crippen LogP contribution in [0.25, 0.3) is 11.1 Å². The zero-order valence-corrected chi connectivity index (χ0v) is 29.9. The molecule has 54 heavy (non-hydrogen) atoms. The Morgan fingerprint density at radius 3 is 1.24 bits per heavy atom. The maximum atomic E-state index is 12.8. The maximum Gasteiger partial charge on any atom is 0.343 e. The zero-order chi connectivity index (χ0) is 38.5. The molecule has 0 aliphatic heterocycles. The zero-order valence-electron chi connectivity index (χ0n) is 29.9. The first-order valence-electron chi connectivity index (χ1n) is 17.5. The summed E-state index contributed by atoms with van der Waals surface area (Å²) in [4.78, 5) is 59.9. The van der Waals surface area contributed by atoms with Crippen molar-refractivity contribution in [2.45, 2.75) is 38.5 Å². The molecule has 0 saturated carbocycles. The van der Waals surface area contributed by atoms with E-state index in [9.17, 15) is 24.0 Å². The van der Waals surface area contributed by atoms with Gasteiger partial charge >= 0.3 is 29.8 Å². The van der Waals surface area contributed by atoms with Crippen LogP contribution in [0.4, 0.5) is 0 Å². The second-order valence-corrected chi connectivity index (χ2v) is 11.8. The first-order valence-corrected chi connectivity index (χ1v) is 17.5. The second kappa shape index (κ2) is 21.8. The molecule has 0 saturated heterocycles. The van der Waals surface area contributed by atoms with E-state index in [1.165, 1.54) is 24.3 Å². The predicted molar refractivity (Wildman–Crippen MR) is 200 cm³/mol. The average molecular weight is 735 g/mol. The lowest BCUT2D eigenvalue weighted by atomic mass is 10.0. The summed E-state index contributed by atoms with van der Waals surface area (Å²) in [7, 11) is 0. The standard InChI is InChI=1S/C43H42O11/c1-3-39(44)50-28-7-5-6-8-30-52-41(46)33-13-11-31(12-14-33)32-15-23-37(24-16-32)53-43(48)35-19-25-38(26-20-35)54-42(47)34-17-21-36(22-18-34)49-27-9-10-29-51-40(45)4-2/h3-4,11-26H,1-2,5-10,27-30H2. The summed E-state index contributed by atoms with van der Waals surface area (Å²) in [6.07, 6.45) is 6.76. The molecule has 11 nitrogen and oxygen atoms in total. The Bertz CT molecular complexity index is 1860. The van der Waals surface area contributed by atoms with Gasteiger partial charge < -0.3 is 28.4 Å². The highest BCUT2D eigenvalue weighted by molar-refractivity contribution is 5.93. The number of carbonyl (C=O) groups is 5. The van der Waals surface area contributed by atoms with Crippen LogP contribution in [0, 0.1) is 0 Å². The number of rotatable bonds is 21. The quantitative estimate of drug-likeness (QED) is 0.0269. The van der Waals surface area contributed by atoms with Gasteiger partial charge in [-0.1, -0.05) is 37.4 Å². The van der Waals surface area contributed by atoms with Gasteiger partial charge in [0.2, 0.25) is 0 Å². The Morgan fingerprint density at radius 1 is 0.407 bits per heavy atom. The van der Waals surface area contributed by atoms with Gasteiger partial charge in [0.05, 0.1) is 43.1 Å². The lowest BCUT2D eigenvalue weighted by Crippen LogP contribution is -2.10. The third-order valence-corrected chi connectivity index (χ3v) is 7.81. The second-order valence-electron chi connectivity index (χ2n) is 11.8. The predicted octanol–water partition coefficient (Wildman–Crippen LogP) is 8.13. The number of hydrogen-bond donors (Lipinski definition) is 0. The van der Waals surface area contributed by atoms with E-state index >= 15 is 0 Å². The van der Waals surface area contributed by atoms with E-state index in [1.807, 2.05) is 24.3 Å². The molecule has 0 atom stereocenters. The Morgan fingerprint density at radius 2 is 0.759 bits per heavy atom. The molecule has 0 spiro atoms. The molecular formula is C43H42O11. The SMILES string of the molecule is C=CC(=O)OCCCCCCOC(=O)c1ccc(-c2ccc(OC(=O)c3ccc(OC(=O)c4ccc(OCCCCOC(=O)C=C)cc4)cc3)cc2)cc1. The molecule has 0 amide bonds. The molecule has 0 bridgehead atoms. The van der Waals surface area contributed by atoms with E-state index in [4.69, 9.17) is 28.4 Å². The van der Waals surface area contributed by atoms with Crippen LogP contribution in [0.3, 0.4) is 0 Å². The lowest BCUT2D eigenvalue weighted by Gasteiger charge is -2.09. The van der Waals surface area contributed by atoms with Crippen LogP contribution >= 0.6 is 0 Å². The van der Waals surface area contributed by atoms with Gasteiger partial charge in [-0.25, -0.2) is 24.0 Å². The monoisotopic (exact) mass is 734 g/mol. The summed E-state index contributed by atoms with van der Waals surface area (Å²) < 4.78 is 31.9. The summed E-state index contributed by atoms with van der Waals surface area (Å²) in [6.45, 7) is 8.07. The van der Waals surface area contributed by atoms with Crippen molar-refractivity contribution in [1.82, 2.24) is 0 Å². The van der Waals surface area contributed by atoms with Crippen molar-refractivity contribution in [2.75, 3.05) is 26.4 Å². The number of ether oxygens (including phenoxy) is 6.